The Labute approximate surface area is 170 Å². The van der Waals surface area contributed by atoms with E-state index < -0.39 is 0 Å². The number of amides is 1. The van der Waals surface area contributed by atoms with Crippen molar-refractivity contribution in [2.24, 2.45) is 7.05 Å². The van der Waals surface area contributed by atoms with E-state index in [0.717, 1.165) is 28.2 Å². The summed E-state index contributed by atoms with van der Waals surface area (Å²) in [5.41, 5.74) is 3.04. The number of nitrogens with zero attached hydrogens (tertiary/aromatic N) is 4. The Kier molecular flexibility index (Phi) is 4.90. The van der Waals surface area contributed by atoms with E-state index >= 15 is 0 Å². The first-order valence-electron chi connectivity index (χ1n) is 9.83. The van der Waals surface area contributed by atoms with Gasteiger partial charge in [-0.25, -0.2) is 4.98 Å². The predicted octanol–water partition coefficient (Wildman–Crippen LogP) is 3.31. The molecule has 1 aliphatic heterocycles. The van der Waals surface area contributed by atoms with Crippen LogP contribution >= 0.6 is 0 Å². The minimum atomic E-state index is -0.226. The van der Waals surface area contributed by atoms with Crippen molar-refractivity contribution in [1.29, 1.82) is 0 Å². The molecule has 4 rings (SSSR count). The maximum Gasteiger partial charge on any atom is 0.254 e. The number of carbonyl (C=O) groups excluding carboxylic acids is 1. The molecule has 7 nitrogen and oxygen atoms in total. The number of likely N-dealkylation sites (N-methyl/N-ethyl adjacent to an activating group) is 1. The molecule has 152 valence electrons. The maximum absolute atomic E-state index is 13.4. The number of pyridine rings is 1. The number of para-hydroxylation sites is 2. The van der Waals surface area contributed by atoms with Crippen LogP contribution in [0.2, 0.25) is 0 Å². The van der Waals surface area contributed by atoms with E-state index in [0.29, 0.717) is 24.5 Å². The SMILES string of the molecule is Cc1nn(C)c2nc(C(C)C)cc(C(=O)N(C)CC3COc4ccccc4O3)c12. The minimum absolute atomic E-state index is 0.0714. The molecule has 1 aliphatic rings. The number of aryl methyl sites for hydroxylation is 2. The third-order valence-electron chi connectivity index (χ3n) is 5.20. The number of benzene rings is 1. The molecular weight excluding hydrogens is 368 g/mol. The standard InChI is InChI=1S/C22H26N4O3/c1-13(2)17-10-16(20-14(3)24-26(5)21(20)23-17)22(27)25(4)11-15-12-28-18-8-6-7-9-19(18)29-15/h6-10,13,15H,11-12H2,1-5H3. The summed E-state index contributed by atoms with van der Waals surface area (Å²) in [5, 5.41) is 5.28. The van der Waals surface area contributed by atoms with Crippen LogP contribution in [-0.2, 0) is 7.05 Å². The van der Waals surface area contributed by atoms with Gasteiger partial charge in [0.05, 0.1) is 23.2 Å². The second-order valence-corrected chi connectivity index (χ2v) is 7.84. The van der Waals surface area contributed by atoms with E-state index in [1.54, 1.807) is 16.6 Å². The number of hydrogen-bond donors (Lipinski definition) is 0. The quantitative estimate of drug-likeness (QED) is 0.679. The average molecular weight is 394 g/mol. The monoisotopic (exact) mass is 394 g/mol. The fourth-order valence-corrected chi connectivity index (χ4v) is 3.68. The Bertz CT molecular complexity index is 1070. The summed E-state index contributed by atoms with van der Waals surface area (Å²) in [7, 11) is 3.65. The van der Waals surface area contributed by atoms with E-state index in [1.165, 1.54) is 0 Å². The third-order valence-corrected chi connectivity index (χ3v) is 5.20. The van der Waals surface area contributed by atoms with Gasteiger partial charge in [0.25, 0.3) is 5.91 Å². The highest BCUT2D eigenvalue weighted by atomic mass is 16.6. The number of carbonyl (C=O) groups is 1. The number of fused-ring (bicyclic) bond motifs is 2. The number of aromatic nitrogens is 3. The van der Waals surface area contributed by atoms with E-state index in [2.05, 4.69) is 18.9 Å². The van der Waals surface area contributed by atoms with Gasteiger partial charge in [0.15, 0.2) is 23.3 Å². The average Bonchev–Trinajstić information content (AvgIpc) is 3.00. The van der Waals surface area contributed by atoms with Crippen molar-refractivity contribution in [3.63, 3.8) is 0 Å². The zero-order valence-corrected chi connectivity index (χ0v) is 17.5. The van der Waals surface area contributed by atoms with Gasteiger partial charge in [-0.15, -0.1) is 0 Å². The molecule has 1 amide bonds. The van der Waals surface area contributed by atoms with E-state index in [1.807, 2.05) is 44.3 Å². The van der Waals surface area contributed by atoms with Crippen molar-refractivity contribution < 1.29 is 14.3 Å². The van der Waals surface area contributed by atoms with Gasteiger partial charge in [-0.05, 0) is 31.0 Å². The molecule has 0 spiro atoms. The fourth-order valence-electron chi connectivity index (χ4n) is 3.68. The van der Waals surface area contributed by atoms with Gasteiger partial charge >= 0.3 is 0 Å². The zero-order chi connectivity index (χ0) is 20.7. The summed E-state index contributed by atoms with van der Waals surface area (Å²) in [5.74, 6) is 1.58. The first-order chi connectivity index (χ1) is 13.8. The zero-order valence-electron chi connectivity index (χ0n) is 17.5. The Balaban J connectivity index is 1.61. The largest absolute Gasteiger partial charge is 0.486 e. The summed E-state index contributed by atoms with van der Waals surface area (Å²) in [6, 6.07) is 9.48. The summed E-state index contributed by atoms with van der Waals surface area (Å²) in [6.07, 6.45) is -0.226. The molecule has 0 radical (unpaired) electrons. The van der Waals surface area contributed by atoms with Gasteiger partial charge in [0.2, 0.25) is 0 Å². The number of ether oxygens (including phenoxy) is 2. The van der Waals surface area contributed by atoms with Crippen LogP contribution in [0.5, 0.6) is 11.5 Å². The van der Waals surface area contributed by atoms with Crippen molar-refractivity contribution in [1.82, 2.24) is 19.7 Å². The molecule has 2 aromatic heterocycles. The molecule has 0 aliphatic carbocycles. The van der Waals surface area contributed by atoms with Crippen LogP contribution in [0.1, 0.15) is 41.5 Å². The second-order valence-electron chi connectivity index (χ2n) is 7.84. The molecule has 29 heavy (non-hydrogen) atoms. The minimum Gasteiger partial charge on any atom is -0.486 e. The van der Waals surface area contributed by atoms with E-state index in [4.69, 9.17) is 14.5 Å². The smallest absolute Gasteiger partial charge is 0.254 e. The van der Waals surface area contributed by atoms with Crippen LogP contribution in [0, 0.1) is 6.92 Å². The topological polar surface area (TPSA) is 69.5 Å². The molecule has 3 heterocycles. The predicted molar refractivity (Wildman–Crippen MR) is 111 cm³/mol. The Morgan fingerprint density at radius 3 is 2.76 bits per heavy atom. The van der Waals surface area contributed by atoms with Crippen LogP contribution < -0.4 is 9.47 Å². The Morgan fingerprint density at radius 1 is 1.31 bits per heavy atom. The third kappa shape index (κ3) is 3.52. The van der Waals surface area contributed by atoms with Crippen molar-refractivity contribution in [2.75, 3.05) is 20.2 Å². The van der Waals surface area contributed by atoms with Crippen LogP contribution in [0.3, 0.4) is 0 Å². The van der Waals surface area contributed by atoms with E-state index in [-0.39, 0.29) is 17.9 Å². The Hall–Kier alpha value is -3.09. The van der Waals surface area contributed by atoms with Crippen LogP contribution in [0.15, 0.2) is 30.3 Å². The van der Waals surface area contributed by atoms with Gasteiger partial charge in [-0.1, -0.05) is 26.0 Å². The molecule has 0 saturated carbocycles. The van der Waals surface area contributed by atoms with E-state index in [9.17, 15) is 4.79 Å². The van der Waals surface area contributed by atoms with Crippen molar-refractivity contribution in [3.05, 3.63) is 47.3 Å². The lowest BCUT2D eigenvalue weighted by atomic mass is 10.0. The highest BCUT2D eigenvalue weighted by Gasteiger charge is 2.26. The highest BCUT2D eigenvalue weighted by Crippen LogP contribution is 2.31. The van der Waals surface area contributed by atoms with Gasteiger partial charge in [0.1, 0.15) is 6.61 Å². The molecule has 0 N–H and O–H groups in total. The maximum atomic E-state index is 13.4. The molecule has 0 saturated heterocycles. The molecule has 7 heteroatoms. The number of hydrogen-bond acceptors (Lipinski definition) is 5. The van der Waals surface area contributed by atoms with Crippen molar-refractivity contribution in [3.8, 4) is 11.5 Å². The van der Waals surface area contributed by atoms with Gasteiger partial charge < -0.3 is 14.4 Å². The lowest BCUT2D eigenvalue weighted by Crippen LogP contribution is -2.41. The van der Waals surface area contributed by atoms with Gasteiger partial charge in [-0.3, -0.25) is 9.48 Å². The summed E-state index contributed by atoms with van der Waals surface area (Å²) in [4.78, 5) is 19.8. The second kappa shape index (κ2) is 7.39. The van der Waals surface area contributed by atoms with Crippen LogP contribution in [0.25, 0.3) is 11.0 Å². The molecular formula is C22H26N4O3. The summed E-state index contributed by atoms with van der Waals surface area (Å²) < 4.78 is 13.5. The lowest BCUT2D eigenvalue weighted by Gasteiger charge is -2.29. The first kappa shape index (κ1) is 19.2. The molecule has 1 unspecified atom stereocenters. The molecule has 3 aromatic rings. The van der Waals surface area contributed by atoms with Crippen LogP contribution in [-0.4, -0.2) is 51.9 Å². The van der Waals surface area contributed by atoms with Crippen LogP contribution in [0.4, 0.5) is 0 Å². The molecule has 1 atom stereocenters. The van der Waals surface area contributed by atoms with Gasteiger partial charge in [-0.2, -0.15) is 5.10 Å². The van der Waals surface area contributed by atoms with Crippen molar-refractivity contribution in [2.45, 2.75) is 32.8 Å². The summed E-state index contributed by atoms with van der Waals surface area (Å²) >= 11 is 0. The Morgan fingerprint density at radius 2 is 2.03 bits per heavy atom. The highest BCUT2D eigenvalue weighted by molar-refractivity contribution is 6.06. The molecule has 0 bridgehead atoms. The molecule has 0 fully saturated rings. The fraction of sp³-hybridized carbons (Fsp3) is 0.409. The molecule has 1 aromatic carbocycles. The van der Waals surface area contributed by atoms with Gasteiger partial charge in [0, 0.05) is 19.8 Å². The van der Waals surface area contributed by atoms with Crippen molar-refractivity contribution >= 4 is 16.9 Å². The lowest BCUT2D eigenvalue weighted by molar-refractivity contribution is 0.0522. The first-order valence-corrected chi connectivity index (χ1v) is 9.83. The normalized spacial score (nSPS) is 15.7. The summed E-state index contributed by atoms with van der Waals surface area (Å²) in [6.45, 7) is 6.88. The number of rotatable bonds is 4.